The molecule has 0 unspecified atom stereocenters. The van der Waals surface area contributed by atoms with Crippen molar-refractivity contribution in [3.8, 4) is 6.07 Å². The van der Waals surface area contributed by atoms with Crippen LogP contribution in [0.15, 0.2) is 101 Å². The van der Waals surface area contributed by atoms with Gasteiger partial charge in [-0.25, -0.2) is 0 Å². The molecule has 0 atom stereocenters. The van der Waals surface area contributed by atoms with E-state index in [-0.39, 0.29) is 6.42 Å². The van der Waals surface area contributed by atoms with Crippen LogP contribution in [0.2, 0.25) is 0 Å². The maximum atomic E-state index is 9.26. The molecule has 148 valence electrons. The fourth-order valence-corrected chi connectivity index (χ4v) is 8.95. The summed E-state index contributed by atoms with van der Waals surface area (Å²) >= 11 is 1.65. The average Bonchev–Trinajstić information content (AvgIpc) is 3.20. The Labute approximate surface area is 182 Å². The summed E-state index contributed by atoms with van der Waals surface area (Å²) in [6.07, 6.45) is 0.162. The predicted octanol–water partition coefficient (Wildman–Crippen LogP) is 4.47. The molecule has 0 N–H and O–H groups in total. The van der Waals surface area contributed by atoms with Crippen molar-refractivity contribution in [3.63, 3.8) is 0 Å². The zero-order valence-electron chi connectivity index (χ0n) is 16.7. The molecule has 0 saturated carbocycles. The highest BCUT2D eigenvalue weighted by Crippen LogP contribution is 2.55. The molecule has 30 heavy (non-hydrogen) atoms. The molecule has 3 nitrogen and oxygen atoms in total. The standard InChI is InChI=1S/C25H22N2OPS/c1-2-30-25-24(27-23(28-25)18-19-26)29(20-12-6-3-7-13-20,21-14-8-4-9-15-21)22-16-10-5-11-17-22/h3-17H,2,18H2,1H3/q+1. The van der Waals surface area contributed by atoms with Gasteiger partial charge in [-0.2, -0.15) is 10.2 Å². The van der Waals surface area contributed by atoms with Crippen LogP contribution in [0.4, 0.5) is 0 Å². The van der Waals surface area contributed by atoms with Crippen LogP contribution in [0.1, 0.15) is 12.8 Å². The van der Waals surface area contributed by atoms with E-state index in [1.807, 2.05) is 18.2 Å². The minimum Gasteiger partial charge on any atom is -0.429 e. The molecule has 1 aromatic heterocycles. The van der Waals surface area contributed by atoms with Crippen LogP contribution in [0.5, 0.6) is 0 Å². The summed E-state index contributed by atoms with van der Waals surface area (Å²) in [7, 11) is -2.31. The highest BCUT2D eigenvalue weighted by atomic mass is 32.2. The number of oxazole rings is 1. The van der Waals surface area contributed by atoms with Crippen LogP contribution in [-0.4, -0.2) is 10.7 Å². The maximum absolute atomic E-state index is 9.26. The topological polar surface area (TPSA) is 49.8 Å². The van der Waals surface area contributed by atoms with Gasteiger partial charge in [0.25, 0.3) is 5.44 Å². The normalized spacial score (nSPS) is 11.2. The van der Waals surface area contributed by atoms with E-state index in [0.29, 0.717) is 5.89 Å². The van der Waals surface area contributed by atoms with E-state index in [1.165, 1.54) is 15.9 Å². The summed E-state index contributed by atoms with van der Waals surface area (Å²) in [5.41, 5.74) is 0.947. The lowest BCUT2D eigenvalue weighted by Gasteiger charge is -2.25. The summed E-state index contributed by atoms with van der Waals surface area (Å²) < 4.78 is 6.12. The fraction of sp³-hybridized carbons (Fsp3) is 0.120. The van der Waals surface area contributed by atoms with E-state index in [2.05, 4.69) is 85.8 Å². The number of hydrogen-bond donors (Lipinski definition) is 0. The van der Waals surface area contributed by atoms with Gasteiger partial charge in [0.05, 0.1) is 6.07 Å². The largest absolute Gasteiger partial charge is 0.429 e. The summed E-state index contributed by atoms with van der Waals surface area (Å²) in [5.74, 6) is 1.35. The Morgan fingerprint density at radius 2 is 1.30 bits per heavy atom. The molecule has 4 aromatic rings. The van der Waals surface area contributed by atoms with Crippen molar-refractivity contribution in [2.24, 2.45) is 0 Å². The molecule has 0 bridgehead atoms. The van der Waals surface area contributed by atoms with E-state index in [9.17, 15) is 5.26 Å². The third-order valence-electron chi connectivity index (χ3n) is 4.88. The summed E-state index contributed by atoms with van der Waals surface area (Å²) in [6, 6.07) is 33.9. The van der Waals surface area contributed by atoms with Crippen LogP contribution in [-0.2, 0) is 6.42 Å². The molecule has 5 heteroatoms. The van der Waals surface area contributed by atoms with Crippen molar-refractivity contribution in [1.82, 2.24) is 4.98 Å². The van der Waals surface area contributed by atoms with Gasteiger partial charge in [0.2, 0.25) is 11.0 Å². The molecule has 0 radical (unpaired) electrons. The minimum absolute atomic E-state index is 0.162. The van der Waals surface area contributed by atoms with Crippen LogP contribution in [0.25, 0.3) is 0 Å². The average molecular weight is 430 g/mol. The Bertz CT molecular complexity index is 1040. The number of thioether (sulfide) groups is 1. The third-order valence-corrected chi connectivity index (χ3v) is 10.0. The second-order valence-electron chi connectivity index (χ2n) is 6.66. The van der Waals surface area contributed by atoms with E-state index in [1.54, 1.807) is 11.8 Å². The first-order valence-corrected chi connectivity index (χ1v) is 12.6. The van der Waals surface area contributed by atoms with Crippen LogP contribution < -0.4 is 21.3 Å². The van der Waals surface area contributed by atoms with Crippen molar-refractivity contribution >= 4 is 40.4 Å². The Balaban J connectivity index is 2.13. The molecule has 3 aromatic carbocycles. The lowest BCUT2D eigenvalue weighted by atomic mass is 10.4. The van der Waals surface area contributed by atoms with Crippen molar-refractivity contribution in [1.29, 1.82) is 5.26 Å². The molecule has 0 saturated heterocycles. The van der Waals surface area contributed by atoms with Gasteiger partial charge in [-0.1, -0.05) is 73.3 Å². The van der Waals surface area contributed by atoms with E-state index >= 15 is 0 Å². The highest BCUT2D eigenvalue weighted by Gasteiger charge is 2.52. The van der Waals surface area contributed by atoms with Crippen molar-refractivity contribution in [3.05, 3.63) is 96.9 Å². The summed E-state index contributed by atoms with van der Waals surface area (Å²) in [5, 5.41) is 13.7. The van der Waals surface area contributed by atoms with Gasteiger partial charge in [0.1, 0.15) is 22.3 Å². The van der Waals surface area contributed by atoms with E-state index in [4.69, 9.17) is 9.40 Å². The molecule has 0 aliphatic carbocycles. The molecule has 0 aliphatic heterocycles. The maximum Gasteiger partial charge on any atom is 0.250 e. The minimum atomic E-state index is -2.31. The zero-order valence-corrected chi connectivity index (χ0v) is 18.4. The van der Waals surface area contributed by atoms with Gasteiger partial charge in [0, 0.05) is 0 Å². The monoisotopic (exact) mass is 429 g/mol. The van der Waals surface area contributed by atoms with E-state index < -0.39 is 7.26 Å². The van der Waals surface area contributed by atoms with Gasteiger partial charge in [0.15, 0.2) is 7.26 Å². The van der Waals surface area contributed by atoms with Crippen molar-refractivity contribution < 1.29 is 4.42 Å². The summed E-state index contributed by atoms with van der Waals surface area (Å²) in [6.45, 7) is 2.11. The molecule has 0 amide bonds. The quantitative estimate of drug-likeness (QED) is 0.321. The van der Waals surface area contributed by atoms with Gasteiger partial charge >= 0.3 is 0 Å². The second kappa shape index (κ2) is 9.30. The van der Waals surface area contributed by atoms with Gasteiger partial charge < -0.3 is 4.42 Å². The van der Waals surface area contributed by atoms with Crippen molar-refractivity contribution in [2.45, 2.75) is 18.4 Å². The van der Waals surface area contributed by atoms with Gasteiger partial charge in [-0.05, 0) is 42.2 Å². The molecular weight excluding hydrogens is 407 g/mol. The van der Waals surface area contributed by atoms with Crippen molar-refractivity contribution in [2.75, 3.05) is 5.75 Å². The molecule has 0 aliphatic rings. The Morgan fingerprint density at radius 1 is 0.833 bits per heavy atom. The van der Waals surface area contributed by atoms with Crippen LogP contribution >= 0.6 is 19.0 Å². The van der Waals surface area contributed by atoms with E-state index in [0.717, 1.165) is 16.3 Å². The number of nitriles is 1. The molecular formula is C25H22N2OPS+. The Morgan fingerprint density at radius 3 is 1.70 bits per heavy atom. The SMILES string of the molecule is CCSc1oc(CC#N)nc1[P+](c1ccccc1)(c1ccccc1)c1ccccc1. The summed E-state index contributed by atoms with van der Waals surface area (Å²) in [4.78, 5) is 4.96. The Hall–Kier alpha value is -2.86. The first-order valence-electron chi connectivity index (χ1n) is 9.86. The smallest absolute Gasteiger partial charge is 0.250 e. The number of hydrogen-bond acceptors (Lipinski definition) is 4. The van der Waals surface area contributed by atoms with Crippen LogP contribution in [0.3, 0.4) is 0 Å². The Kier molecular flexibility index (Phi) is 6.33. The lowest BCUT2D eigenvalue weighted by Crippen LogP contribution is -2.40. The third kappa shape index (κ3) is 3.67. The predicted molar refractivity (Wildman–Crippen MR) is 127 cm³/mol. The zero-order chi connectivity index (χ0) is 20.8. The van der Waals surface area contributed by atoms with Crippen LogP contribution in [0, 0.1) is 11.3 Å². The van der Waals surface area contributed by atoms with Gasteiger partial charge in [-0.3, -0.25) is 0 Å². The fourth-order valence-electron chi connectivity index (χ4n) is 3.69. The number of rotatable bonds is 7. The molecule has 0 spiro atoms. The first-order chi connectivity index (χ1) is 14.8. The second-order valence-corrected chi connectivity index (χ2v) is 11.2. The molecule has 0 fully saturated rings. The lowest BCUT2D eigenvalue weighted by molar-refractivity contribution is 0.436. The first kappa shape index (κ1) is 20.4. The molecule has 1 heterocycles. The molecule has 4 rings (SSSR count). The highest BCUT2D eigenvalue weighted by molar-refractivity contribution is 8.04. The number of aromatic nitrogens is 1. The number of benzene rings is 3. The van der Waals surface area contributed by atoms with Gasteiger partial charge in [-0.15, -0.1) is 0 Å². The number of nitrogens with zero attached hydrogens (tertiary/aromatic N) is 2.